The van der Waals surface area contributed by atoms with Crippen molar-refractivity contribution in [2.24, 2.45) is 0 Å². The van der Waals surface area contributed by atoms with E-state index in [9.17, 15) is 0 Å². The first-order chi connectivity index (χ1) is 7.97. The molecule has 0 aromatic rings. The molecule has 0 saturated carbocycles. The van der Waals surface area contributed by atoms with Crippen LogP contribution in [0.1, 0.15) is 47.0 Å². The Morgan fingerprint density at radius 1 is 1.35 bits per heavy atom. The van der Waals surface area contributed by atoms with Gasteiger partial charge in [0, 0.05) is 37.8 Å². The molecule has 2 aliphatic rings. The summed E-state index contributed by atoms with van der Waals surface area (Å²) in [6.45, 7) is 13.6. The number of rotatable bonds is 2. The van der Waals surface area contributed by atoms with Gasteiger partial charge in [-0.2, -0.15) is 0 Å². The Hall–Kier alpha value is -0.120. The third-order valence-electron chi connectivity index (χ3n) is 4.62. The zero-order chi connectivity index (χ0) is 12.5. The maximum atomic E-state index is 5.96. The van der Waals surface area contributed by atoms with Crippen molar-refractivity contribution >= 4 is 0 Å². The van der Waals surface area contributed by atoms with Gasteiger partial charge in [0.2, 0.25) is 0 Å². The molecule has 0 aliphatic carbocycles. The Morgan fingerprint density at radius 2 is 2.12 bits per heavy atom. The Morgan fingerprint density at radius 3 is 2.76 bits per heavy atom. The summed E-state index contributed by atoms with van der Waals surface area (Å²) >= 11 is 0. The van der Waals surface area contributed by atoms with E-state index in [1.807, 2.05) is 0 Å². The molecule has 2 aliphatic heterocycles. The fourth-order valence-corrected chi connectivity index (χ4v) is 3.29. The van der Waals surface area contributed by atoms with Crippen LogP contribution in [0.5, 0.6) is 0 Å². The van der Waals surface area contributed by atoms with E-state index in [-0.39, 0.29) is 11.1 Å². The highest BCUT2D eigenvalue weighted by atomic mass is 16.5. The Balaban J connectivity index is 2.05. The van der Waals surface area contributed by atoms with Gasteiger partial charge in [0.1, 0.15) is 0 Å². The molecule has 2 unspecified atom stereocenters. The number of nitrogens with one attached hydrogen (secondary N) is 1. The molecule has 2 heterocycles. The molecule has 2 saturated heterocycles. The lowest BCUT2D eigenvalue weighted by Gasteiger charge is -2.51. The molecule has 2 atom stereocenters. The molecule has 3 nitrogen and oxygen atoms in total. The first kappa shape index (κ1) is 13.3. The van der Waals surface area contributed by atoms with Crippen LogP contribution in [0.25, 0.3) is 0 Å². The standard InChI is InChI=1S/C14H28N2O/c1-5-14(4)10-12(6-9-17-14)16-8-7-15-11-13(16,2)3/h12,15H,5-11H2,1-4H3. The summed E-state index contributed by atoms with van der Waals surface area (Å²) in [5, 5.41) is 3.51. The van der Waals surface area contributed by atoms with Gasteiger partial charge in [0.05, 0.1) is 5.60 Å². The van der Waals surface area contributed by atoms with Crippen LogP contribution in [0.3, 0.4) is 0 Å². The normalized spacial score (nSPS) is 39.2. The highest BCUT2D eigenvalue weighted by Gasteiger charge is 2.40. The zero-order valence-corrected chi connectivity index (χ0v) is 11.9. The van der Waals surface area contributed by atoms with Gasteiger partial charge < -0.3 is 10.1 Å². The van der Waals surface area contributed by atoms with Gasteiger partial charge >= 0.3 is 0 Å². The summed E-state index contributed by atoms with van der Waals surface area (Å²) in [7, 11) is 0. The maximum Gasteiger partial charge on any atom is 0.0666 e. The minimum Gasteiger partial charge on any atom is -0.375 e. The Kier molecular flexibility index (Phi) is 3.81. The van der Waals surface area contributed by atoms with Crippen LogP contribution in [-0.4, -0.2) is 48.3 Å². The van der Waals surface area contributed by atoms with E-state index in [1.54, 1.807) is 0 Å². The van der Waals surface area contributed by atoms with E-state index in [0.717, 1.165) is 26.1 Å². The maximum absolute atomic E-state index is 5.96. The molecular formula is C14H28N2O. The van der Waals surface area contributed by atoms with Crippen molar-refractivity contribution in [3.63, 3.8) is 0 Å². The lowest BCUT2D eigenvalue weighted by Crippen LogP contribution is -2.63. The molecule has 3 heteroatoms. The van der Waals surface area contributed by atoms with Gasteiger partial charge in [-0.25, -0.2) is 0 Å². The smallest absolute Gasteiger partial charge is 0.0666 e. The average molecular weight is 240 g/mol. The van der Waals surface area contributed by atoms with Gasteiger partial charge in [0.25, 0.3) is 0 Å². The Bertz CT molecular complexity index is 267. The van der Waals surface area contributed by atoms with Crippen molar-refractivity contribution < 1.29 is 4.74 Å². The van der Waals surface area contributed by atoms with E-state index in [0.29, 0.717) is 6.04 Å². The molecule has 2 fully saturated rings. The van der Waals surface area contributed by atoms with E-state index < -0.39 is 0 Å². The molecule has 100 valence electrons. The first-order valence-electron chi connectivity index (χ1n) is 7.08. The lowest BCUT2D eigenvalue weighted by atomic mass is 9.86. The number of hydrogen-bond donors (Lipinski definition) is 1. The number of ether oxygens (including phenoxy) is 1. The molecular weight excluding hydrogens is 212 g/mol. The summed E-state index contributed by atoms with van der Waals surface area (Å²) in [6.07, 6.45) is 3.50. The summed E-state index contributed by atoms with van der Waals surface area (Å²) in [6, 6.07) is 0.700. The van der Waals surface area contributed by atoms with Crippen molar-refractivity contribution in [3.05, 3.63) is 0 Å². The fraction of sp³-hybridized carbons (Fsp3) is 1.00. The van der Waals surface area contributed by atoms with Gasteiger partial charge in [0.15, 0.2) is 0 Å². The van der Waals surface area contributed by atoms with Crippen molar-refractivity contribution in [1.82, 2.24) is 10.2 Å². The summed E-state index contributed by atoms with van der Waals surface area (Å²) in [5.41, 5.74) is 0.388. The molecule has 0 bridgehead atoms. The highest BCUT2D eigenvalue weighted by molar-refractivity contribution is 4.96. The van der Waals surface area contributed by atoms with Crippen LogP contribution < -0.4 is 5.32 Å². The minimum absolute atomic E-state index is 0.101. The number of piperazine rings is 1. The molecule has 0 aromatic heterocycles. The van der Waals surface area contributed by atoms with Crippen LogP contribution in [-0.2, 0) is 4.74 Å². The third kappa shape index (κ3) is 2.83. The van der Waals surface area contributed by atoms with Gasteiger partial charge in [-0.15, -0.1) is 0 Å². The summed E-state index contributed by atoms with van der Waals surface area (Å²) < 4.78 is 5.96. The zero-order valence-electron chi connectivity index (χ0n) is 11.9. The van der Waals surface area contributed by atoms with E-state index >= 15 is 0 Å². The molecule has 0 radical (unpaired) electrons. The first-order valence-corrected chi connectivity index (χ1v) is 7.08. The monoisotopic (exact) mass is 240 g/mol. The van der Waals surface area contributed by atoms with Crippen LogP contribution >= 0.6 is 0 Å². The second-order valence-corrected chi connectivity index (χ2v) is 6.48. The number of nitrogens with zero attached hydrogens (tertiary/aromatic N) is 1. The molecule has 0 aromatic carbocycles. The summed E-state index contributed by atoms with van der Waals surface area (Å²) in [5.74, 6) is 0. The SMILES string of the molecule is CCC1(C)CC(N2CCNCC2(C)C)CCO1. The van der Waals surface area contributed by atoms with Gasteiger partial charge in [-0.05, 0) is 40.0 Å². The van der Waals surface area contributed by atoms with Crippen molar-refractivity contribution in [2.45, 2.75) is 64.1 Å². The highest BCUT2D eigenvalue weighted by Crippen LogP contribution is 2.33. The molecule has 0 amide bonds. The van der Waals surface area contributed by atoms with Gasteiger partial charge in [-0.3, -0.25) is 4.90 Å². The predicted molar refractivity (Wildman–Crippen MR) is 71.3 cm³/mol. The van der Waals surface area contributed by atoms with Gasteiger partial charge in [-0.1, -0.05) is 6.92 Å². The summed E-state index contributed by atoms with van der Waals surface area (Å²) in [4.78, 5) is 2.71. The van der Waals surface area contributed by atoms with Crippen LogP contribution in [0.4, 0.5) is 0 Å². The molecule has 1 N–H and O–H groups in total. The minimum atomic E-state index is 0.101. The van der Waals surface area contributed by atoms with Crippen molar-refractivity contribution in [1.29, 1.82) is 0 Å². The van der Waals surface area contributed by atoms with Crippen molar-refractivity contribution in [2.75, 3.05) is 26.2 Å². The number of hydrogen-bond acceptors (Lipinski definition) is 3. The van der Waals surface area contributed by atoms with E-state index in [4.69, 9.17) is 4.74 Å². The average Bonchev–Trinajstić information content (AvgIpc) is 2.28. The van der Waals surface area contributed by atoms with E-state index in [1.165, 1.54) is 19.4 Å². The topological polar surface area (TPSA) is 24.5 Å². The van der Waals surface area contributed by atoms with Crippen molar-refractivity contribution in [3.8, 4) is 0 Å². The van der Waals surface area contributed by atoms with Crippen LogP contribution in [0, 0.1) is 0 Å². The quantitative estimate of drug-likeness (QED) is 0.799. The molecule has 0 spiro atoms. The fourth-order valence-electron chi connectivity index (χ4n) is 3.29. The largest absolute Gasteiger partial charge is 0.375 e. The molecule has 17 heavy (non-hydrogen) atoms. The van der Waals surface area contributed by atoms with Crippen LogP contribution in [0.2, 0.25) is 0 Å². The van der Waals surface area contributed by atoms with E-state index in [2.05, 4.69) is 37.9 Å². The third-order valence-corrected chi connectivity index (χ3v) is 4.62. The Labute approximate surface area is 106 Å². The predicted octanol–water partition coefficient (Wildman–Crippen LogP) is 2.02. The second-order valence-electron chi connectivity index (χ2n) is 6.48. The molecule has 2 rings (SSSR count). The van der Waals surface area contributed by atoms with Crippen LogP contribution in [0.15, 0.2) is 0 Å². The second kappa shape index (κ2) is 4.87. The lowest BCUT2D eigenvalue weighted by molar-refractivity contribution is -0.112.